The van der Waals surface area contributed by atoms with Crippen LogP contribution in [0.15, 0.2) is 60.7 Å². The van der Waals surface area contributed by atoms with Crippen molar-refractivity contribution in [3.05, 3.63) is 83.2 Å². The number of halogens is 1. The molecular weight excluding hydrogens is 443 g/mol. The van der Waals surface area contributed by atoms with E-state index >= 15 is 0 Å². The first-order valence-corrected chi connectivity index (χ1v) is 12.3. The Labute approximate surface area is 206 Å². The molecule has 4 nitrogen and oxygen atoms in total. The van der Waals surface area contributed by atoms with Crippen molar-refractivity contribution in [2.45, 2.75) is 38.0 Å². The molecule has 5 rings (SSSR count). The largest absolute Gasteiger partial charge is 0.497 e. The number of hydrogen-bond acceptors (Lipinski definition) is 4. The van der Waals surface area contributed by atoms with Crippen molar-refractivity contribution in [2.24, 2.45) is 11.8 Å². The van der Waals surface area contributed by atoms with E-state index in [1.54, 1.807) is 19.2 Å². The highest BCUT2D eigenvalue weighted by Gasteiger charge is 2.39. The van der Waals surface area contributed by atoms with Crippen LogP contribution in [-0.2, 0) is 16.0 Å². The van der Waals surface area contributed by atoms with Gasteiger partial charge in [0.15, 0.2) is 0 Å². The average Bonchev–Trinajstić information content (AvgIpc) is 3.73. The number of benzene rings is 3. The molecule has 1 fully saturated rings. The van der Waals surface area contributed by atoms with Crippen LogP contribution < -0.4 is 9.47 Å². The van der Waals surface area contributed by atoms with Gasteiger partial charge in [-0.3, -0.25) is 4.79 Å². The summed E-state index contributed by atoms with van der Waals surface area (Å²) in [5, 5.41) is 0. The van der Waals surface area contributed by atoms with E-state index in [1.165, 1.54) is 24.3 Å². The normalized spacial score (nSPS) is 18.7. The van der Waals surface area contributed by atoms with Gasteiger partial charge >= 0.3 is 5.97 Å². The van der Waals surface area contributed by atoms with E-state index in [2.05, 4.69) is 30.3 Å². The van der Waals surface area contributed by atoms with Gasteiger partial charge in [0, 0.05) is 11.5 Å². The van der Waals surface area contributed by atoms with Gasteiger partial charge in [-0.15, -0.1) is 0 Å². The van der Waals surface area contributed by atoms with Gasteiger partial charge in [-0.25, -0.2) is 4.39 Å². The zero-order chi connectivity index (χ0) is 24.5. The Hall–Kier alpha value is -3.34. The molecule has 1 aliphatic carbocycles. The maximum absolute atomic E-state index is 14.4. The average molecular weight is 475 g/mol. The molecule has 182 valence electrons. The van der Waals surface area contributed by atoms with Gasteiger partial charge in [0.05, 0.1) is 26.7 Å². The standard InChI is InChI=1S/C30H31FO4/c1-18(30(32)34-3)29(21-8-9-21)22-10-13-28-23(14-22)15-24(17-35-28)19-4-6-20(7-5-19)26-16-25(33-2)11-12-27(26)31/h4-7,10-14,16,18,21,24,29H,8-9,15,17H2,1-3H3/t18-,24?,29-/m0/s1. The van der Waals surface area contributed by atoms with Crippen molar-refractivity contribution in [1.82, 2.24) is 0 Å². The fraction of sp³-hybridized carbons (Fsp3) is 0.367. The molecule has 0 N–H and O–H groups in total. The molecule has 1 saturated carbocycles. The molecule has 5 heteroatoms. The number of ether oxygens (including phenoxy) is 3. The van der Waals surface area contributed by atoms with E-state index in [-0.39, 0.29) is 29.5 Å². The van der Waals surface area contributed by atoms with Crippen LogP contribution in [0.5, 0.6) is 11.5 Å². The van der Waals surface area contributed by atoms with Gasteiger partial charge in [-0.05, 0) is 77.6 Å². The van der Waals surface area contributed by atoms with Gasteiger partial charge < -0.3 is 14.2 Å². The molecule has 1 unspecified atom stereocenters. The maximum Gasteiger partial charge on any atom is 0.309 e. The molecule has 3 aromatic rings. The van der Waals surface area contributed by atoms with E-state index in [1.807, 2.05) is 19.1 Å². The summed E-state index contributed by atoms with van der Waals surface area (Å²) in [6.07, 6.45) is 3.17. The van der Waals surface area contributed by atoms with Gasteiger partial charge in [-0.1, -0.05) is 43.3 Å². The molecule has 0 radical (unpaired) electrons. The second-order valence-electron chi connectivity index (χ2n) is 9.72. The number of esters is 1. The lowest BCUT2D eigenvalue weighted by Crippen LogP contribution is -2.23. The van der Waals surface area contributed by atoms with Gasteiger partial charge in [0.25, 0.3) is 0 Å². The summed E-state index contributed by atoms with van der Waals surface area (Å²) in [5.74, 6) is 1.87. The number of carbonyl (C=O) groups excluding carboxylic acids is 1. The summed E-state index contributed by atoms with van der Waals surface area (Å²) in [5.41, 5.74) is 4.86. The van der Waals surface area contributed by atoms with E-state index in [4.69, 9.17) is 14.2 Å². The van der Waals surface area contributed by atoms with Gasteiger partial charge in [-0.2, -0.15) is 0 Å². The summed E-state index contributed by atoms with van der Waals surface area (Å²) in [6.45, 7) is 2.57. The summed E-state index contributed by atoms with van der Waals surface area (Å²) in [4.78, 5) is 12.3. The summed E-state index contributed by atoms with van der Waals surface area (Å²) < 4.78 is 30.8. The van der Waals surface area contributed by atoms with Crippen LogP contribution in [0.2, 0.25) is 0 Å². The molecule has 1 heterocycles. The van der Waals surface area contributed by atoms with Crippen LogP contribution in [0, 0.1) is 17.7 Å². The Morgan fingerprint density at radius 2 is 1.80 bits per heavy atom. The molecule has 0 saturated heterocycles. The van der Waals surface area contributed by atoms with E-state index in [9.17, 15) is 9.18 Å². The minimum atomic E-state index is -0.271. The van der Waals surface area contributed by atoms with Crippen LogP contribution in [0.4, 0.5) is 4.39 Å². The minimum Gasteiger partial charge on any atom is -0.497 e. The molecule has 0 bridgehead atoms. The molecule has 35 heavy (non-hydrogen) atoms. The Kier molecular flexibility index (Phi) is 6.50. The predicted octanol–water partition coefficient (Wildman–Crippen LogP) is 6.52. The quantitative estimate of drug-likeness (QED) is 0.366. The predicted molar refractivity (Wildman–Crippen MR) is 133 cm³/mol. The SMILES string of the molecule is COC(=O)[C@@H](C)[C@H](c1ccc2c(c1)CC(c1ccc(-c3cc(OC)ccc3F)cc1)CO2)C1CC1. The Morgan fingerprint density at radius 1 is 1.03 bits per heavy atom. The van der Waals surface area contributed by atoms with Gasteiger partial charge in [0.1, 0.15) is 17.3 Å². The molecular formula is C30H31FO4. The second-order valence-corrected chi connectivity index (χ2v) is 9.72. The van der Waals surface area contributed by atoms with Crippen molar-refractivity contribution in [3.8, 4) is 22.6 Å². The number of fused-ring (bicyclic) bond motifs is 1. The van der Waals surface area contributed by atoms with Crippen molar-refractivity contribution in [3.63, 3.8) is 0 Å². The molecule has 0 amide bonds. The summed E-state index contributed by atoms with van der Waals surface area (Å²) >= 11 is 0. The number of hydrogen-bond donors (Lipinski definition) is 0. The van der Waals surface area contributed by atoms with Crippen LogP contribution in [-0.4, -0.2) is 26.8 Å². The van der Waals surface area contributed by atoms with Crippen molar-refractivity contribution in [1.29, 1.82) is 0 Å². The fourth-order valence-electron chi connectivity index (χ4n) is 5.38. The summed E-state index contributed by atoms with van der Waals surface area (Å²) in [6, 6.07) is 19.2. The first kappa shape index (κ1) is 23.4. The lowest BCUT2D eigenvalue weighted by Gasteiger charge is -2.28. The molecule has 1 aliphatic heterocycles. The number of carbonyl (C=O) groups is 1. The number of rotatable bonds is 7. The van der Waals surface area contributed by atoms with Crippen LogP contribution in [0.25, 0.3) is 11.1 Å². The highest BCUT2D eigenvalue weighted by atomic mass is 19.1. The lowest BCUT2D eigenvalue weighted by molar-refractivity contribution is -0.145. The van der Waals surface area contributed by atoms with E-state index in [0.717, 1.165) is 36.1 Å². The van der Waals surface area contributed by atoms with Crippen molar-refractivity contribution in [2.75, 3.05) is 20.8 Å². The van der Waals surface area contributed by atoms with E-state index < -0.39 is 0 Å². The van der Waals surface area contributed by atoms with Crippen molar-refractivity contribution >= 4 is 5.97 Å². The van der Waals surface area contributed by atoms with Crippen LogP contribution in [0.3, 0.4) is 0 Å². The minimum absolute atomic E-state index is 0.152. The first-order valence-electron chi connectivity index (χ1n) is 12.3. The van der Waals surface area contributed by atoms with Gasteiger partial charge in [0.2, 0.25) is 0 Å². The van der Waals surface area contributed by atoms with E-state index in [0.29, 0.717) is 23.8 Å². The third-order valence-corrected chi connectivity index (χ3v) is 7.48. The van der Waals surface area contributed by atoms with Crippen LogP contribution >= 0.6 is 0 Å². The first-order chi connectivity index (χ1) is 17.0. The third kappa shape index (κ3) is 4.77. The highest BCUT2D eigenvalue weighted by Crippen LogP contribution is 2.48. The zero-order valence-corrected chi connectivity index (χ0v) is 20.4. The monoisotopic (exact) mass is 474 g/mol. The Morgan fingerprint density at radius 3 is 2.49 bits per heavy atom. The Bertz CT molecular complexity index is 1220. The maximum atomic E-state index is 14.4. The summed E-state index contributed by atoms with van der Waals surface area (Å²) in [7, 11) is 3.04. The molecule has 2 aliphatic rings. The van der Waals surface area contributed by atoms with Crippen LogP contribution in [0.1, 0.15) is 48.3 Å². The molecule has 0 spiro atoms. The smallest absolute Gasteiger partial charge is 0.309 e. The Balaban J connectivity index is 1.37. The zero-order valence-electron chi connectivity index (χ0n) is 20.4. The molecule has 0 aromatic heterocycles. The third-order valence-electron chi connectivity index (χ3n) is 7.48. The fourth-order valence-corrected chi connectivity index (χ4v) is 5.38. The lowest BCUT2D eigenvalue weighted by atomic mass is 9.81. The highest BCUT2D eigenvalue weighted by molar-refractivity contribution is 5.73. The second kappa shape index (κ2) is 9.73. The van der Waals surface area contributed by atoms with Crippen molar-refractivity contribution < 1.29 is 23.4 Å². The topological polar surface area (TPSA) is 44.8 Å². The molecule has 3 aromatic carbocycles. The number of methoxy groups -OCH3 is 2. The molecule has 3 atom stereocenters.